The second-order valence-electron chi connectivity index (χ2n) is 9.07. The number of amidine groups is 1. The molecule has 34 heavy (non-hydrogen) atoms. The van der Waals surface area contributed by atoms with Crippen LogP contribution in [0.5, 0.6) is 11.5 Å². The monoisotopic (exact) mass is 475 g/mol. The molecular weight excluding hydrogens is 446 g/mol. The smallest absolute Gasteiger partial charge is 0.243 e. The first-order valence-corrected chi connectivity index (χ1v) is 13.1. The summed E-state index contributed by atoms with van der Waals surface area (Å²) in [6.07, 6.45) is 0.715. The molecule has 0 amide bonds. The number of fused-ring (bicyclic) bond motifs is 2. The summed E-state index contributed by atoms with van der Waals surface area (Å²) in [5.41, 5.74) is 4.88. The lowest BCUT2D eigenvalue weighted by Crippen LogP contribution is -2.37. The number of aryl methyl sites for hydroxylation is 3. The number of hydrogen-bond acceptors (Lipinski definition) is 5. The van der Waals surface area contributed by atoms with Gasteiger partial charge in [0.2, 0.25) is 10.0 Å². The number of aliphatic imine (C=N–C) groups is 1. The average molecular weight is 476 g/mol. The summed E-state index contributed by atoms with van der Waals surface area (Å²) >= 11 is 0. The van der Waals surface area contributed by atoms with Crippen LogP contribution in [0.4, 0.5) is 5.69 Å². The van der Waals surface area contributed by atoms with Gasteiger partial charge >= 0.3 is 0 Å². The van der Waals surface area contributed by atoms with Crippen molar-refractivity contribution in [1.29, 1.82) is 0 Å². The van der Waals surface area contributed by atoms with Crippen LogP contribution in [0.1, 0.15) is 28.7 Å². The quantitative estimate of drug-likeness (QED) is 0.512. The molecule has 0 saturated carbocycles. The molecule has 2 heterocycles. The van der Waals surface area contributed by atoms with E-state index in [1.165, 1.54) is 0 Å². The summed E-state index contributed by atoms with van der Waals surface area (Å²) in [6.45, 7) is 8.15. The second-order valence-corrected chi connectivity index (χ2v) is 11.0. The minimum absolute atomic E-state index is 0.353. The van der Waals surface area contributed by atoms with Gasteiger partial charge in [0, 0.05) is 26.2 Å². The van der Waals surface area contributed by atoms with Gasteiger partial charge in [-0.1, -0.05) is 29.8 Å². The van der Waals surface area contributed by atoms with Gasteiger partial charge in [0.25, 0.3) is 0 Å². The van der Waals surface area contributed by atoms with Crippen LogP contribution < -0.4 is 4.74 Å². The van der Waals surface area contributed by atoms with Crippen LogP contribution in [0.25, 0.3) is 0 Å². The Morgan fingerprint density at radius 2 is 1.56 bits per heavy atom. The molecule has 7 heteroatoms. The molecule has 0 unspecified atom stereocenters. The van der Waals surface area contributed by atoms with Crippen molar-refractivity contribution in [1.82, 2.24) is 9.21 Å². The zero-order chi connectivity index (χ0) is 23.9. The van der Waals surface area contributed by atoms with E-state index < -0.39 is 10.0 Å². The van der Waals surface area contributed by atoms with Gasteiger partial charge in [-0.25, -0.2) is 13.4 Å². The van der Waals surface area contributed by atoms with E-state index >= 15 is 0 Å². The fourth-order valence-corrected chi connectivity index (χ4v) is 6.08. The van der Waals surface area contributed by atoms with Gasteiger partial charge < -0.3 is 9.64 Å². The molecule has 0 aromatic heterocycles. The number of benzene rings is 3. The Labute approximate surface area is 201 Å². The van der Waals surface area contributed by atoms with Crippen molar-refractivity contribution >= 4 is 21.5 Å². The van der Waals surface area contributed by atoms with Crippen LogP contribution in [0.3, 0.4) is 0 Å². The standard InChI is InChI=1S/C27H29N3O3S/c1-19-6-4-7-22(16-19)34(31,32)30-13-5-12-29(14-15-30)27-23-17-20(2)9-11-25(23)33-26-18-21(3)8-10-24(26)28-27/h4,6-11,16-18H,5,12-15H2,1-3H3. The van der Waals surface area contributed by atoms with Crippen LogP contribution >= 0.6 is 0 Å². The first-order chi connectivity index (χ1) is 16.3. The zero-order valence-corrected chi connectivity index (χ0v) is 20.6. The Morgan fingerprint density at radius 1 is 0.794 bits per heavy atom. The molecule has 1 fully saturated rings. The Hall–Kier alpha value is -3.16. The van der Waals surface area contributed by atoms with E-state index in [2.05, 4.69) is 17.9 Å². The topological polar surface area (TPSA) is 62.2 Å². The van der Waals surface area contributed by atoms with Gasteiger partial charge in [0.05, 0.1) is 10.5 Å². The summed E-state index contributed by atoms with van der Waals surface area (Å²) in [7, 11) is -3.55. The van der Waals surface area contributed by atoms with E-state index in [0.717, 1.165) is 45.3 Å². The molecule has 0 aliphatic carbocycles. The first kappa shape index (κ1) is 22.6. The number of rotatable bonds is 2. The molecule has 2 aliphatic heterocycles. The Bertz CT molecular complexity index is 1380. The zero-order valence-electron chi connectivity index (χ0n) is 19.8. The Kier molecular flexibility index (Phi) is 5.91. The van der Waals surface area contributed by atoms with E-state index in [1.54, 1.807) is 22.5 Å². The van der Waals surface area contributed by atoms with Crippen molar-refractivity contribution in [2.24, 2.45) is 4.99 Å². The molecule has 3 aromatic rings. The molecule has 0 radical (unpaired) electrons. The largest absolute Gasteiger partial charge is 0.454 e. The lowest BCUT2D eigenvalue weighted by molar-refractivity contribution is 0.407. The summed E-state index contributed by atoms with van der Waals surface area (Å²) in [5.74, 6) is 2.33. The van der Waals surface area contributed by atoms with E-state index in [9.17, 15) is 8.42 Å². The van der Waals surface area contributed by atoms with Crippen LogP contribution in [0.2, 0.25) is 0 Å². The Morgan fingerprint density at radius 3 is 2.38 bits per heavy atom. The van der Waals surface area contributed by atoms with E-state index in [-0.39, 0.29) is 0 Å². The van der Waals surface area contributed by atoms with Crippen molar-refractivity contribution in [3.8, 4) is 11.5 Å². The van der Waals surface area contributed by atoms with Crippen LogP contribution in [0.15, 0.2) is 70.6 Å². The third-order valence-electron chi connectivity index (χ3n) is 6.32. The molecule has 1 saturated heterocycles. The maximum Gasteiger partial charge on any atom is 0.243 e. The average Bonchev–Trinajstić information content (AvgIpc) is 3.14. The fourth-order valence-electron chi connectivity index (χ4n) is 4.51. The molecule has 0 spiro atoms. The highest BCUT2D eigenvalue weighted by Gasteiger charge is 2.30. The highest BCUT2D eigenvalue weighted by molar-refractivity contribution is 7.89. The summed E-state index contributed by atoms with van der Waals surface area (Å²) in [4.78, 5) is 7.58. The molecule has 5 rings (SSSR count). The van der Waals surface area contributed by atoms with Gasteiger partial charge in [-0.15, -0.1) is 0 Å². The van der Waals surface area contributed by atoms with Gasteiger partial charge in [-0.05, 0) is 74.7 Å². The Balaban J connectivity index is 1.49. The molecule has 3 aromatic carbocycles. The van der Waals surface area contributed by atoms with Crippen molar-refractivity contribution in [3.05, 3.63) is 82.9 Å². The highest BCUT2D eigenvalue weighted by atomic mass is 32.2. The summed E-state index contributed by atoms with van der Waals surface area (Å²) in [6, 6.07) is 19.3. The van der Waals surface area contributed by atoms with Crippen molar-refractivity contribution in [2.75, 3.05) is 26.2 Å². The maximum atomic E-state index is 13.3. The lowest BCUT2D eigenvalue weighted by atomic mass is 10.1. The van der Waals surface area contributed by atoms with E-state index in [1.807, 2.05) is 50.2 Å². The SMILES string of the molecule is Cc1cccc(S(=O)(=O)N2CCCN(C3=Nc4ccc(C)cc4Oc4ccc(C)cc43)CC2)c1. The normalized spacial score (nSPS) is 16.6. The predicted molar refractivity (Wildman–Crippen MR) is 135 cm³/mol. The minimum atomic E-state index is -3.55. The minimum Gasteiger partial charge on any atom is -0.454 e. The van der Waals surface area contributed by atoms with E-state index in [4.69, 9.17) is 9.73 Å². The van der Waals surface area contributed by atoms with Gasteiger partial charge in [0.15, 0.2) is 5.75 Å². The van der Waals surface area contributed by atoms with Gasteiger partial charge in [-0.3, -0.25) is 0 Å². The molecule has 6 nitrogen and oxygen atoms in total. The third kappa shape index (κ3) is 4.33. The van der Waals surface area contributed by atoms with Gasteiger partial charge in [0.1, 0.15) is 17.3 Å². The molecule has 176 valence electrons. The molecule has 0 atom stereocenters. The van der Waals surface area contributed by atoms with E-state index in [0.29, 0.717) is 37.5 Å². The predicted octanol–water partition coefficient (Wildman–Crippen LogP) is 5.19. The number of sulfonamides is 1. The van der Waals surface area contributed by atoms with Crippen molar-refractivity contribution in [2.45, 2.75) is 32.1 Å². The van der Waals surface area contributed by atoms with Crippen LogP contribution in [-0.2, 0) is 10.0 Å². The maximum absolute atomic E-state index is 13.3. The third-order valence-corrected chi connectivity index (χ3v) is 8.21. The molecule has 0 N–H and O–H groups in total. The fraction of sp³-hybridized carbons (Fsp3) is 0.296. The molecule has 2 aliphatic rings. The van der Waals surface area contributed by atoms with Crippen molar-refractivity contribution in [3.63, 3.8) is 0 Å². The number of ether oxygens (including phenoxy) is 1. The number of nitrogens with zero attached hydrogens (tertiary/aromatic N) is 3. The van der Waals surface area contributed by atoms with Crippen LogP contribution in [0, 0.1) is 20.8 Å². The summed E-state index contributed by atoms with van der Waals surface area (Å²) in [5, 5.41) is 0. The lowest BCUT2D eigenvalue weighted by Gasteiger charge is -2.25. The van der Waals surface area contributed by atoms with Crippen LogP contribution in [-0.4, -0.2) is 49.6 Å². The number of hydrogen-bond donors (Lipinski definition) is 0. The second kappa shape index (κ2) is 8.89. The first-order valence-electron chi connectivity index (χ1n) is 11.6. The molecule has 0 bridgehead atoms. The van der Waals surface area contributed by atoms with Gasteiger partial charge in [-0.2, -0.15) is 4.31 Å². The summed E-state index contributed by atoms with van der Waals surface area (Å²) < 4.78 is 34.5. The molecular formula is C27H29N3O3S. The van der Waals surface area contributed by atoms with Crippen molar-refractivity contribution < 1.29 is 13.2 Å². The highest BCUT2D eigenvalue weighted by Crippen LogP contribution is 2.39.